The molecule has 3 nitrogen and oxygen atoms in total. The van der Waals surface area contributed by atoms with Crippen LogP contribution in [0.5, 0.6) is 0 Å². The SMILES string of the molecule is C[C@]12CC[C@H]3[C@@H](CCC4=CC(=O)C5C[C@@H](O)[C@]43C5)[C@@H]1CCC2=O. The van der Waals surface area contributed by atoms with Crippen molar-refractivity contribution in [2.24, 2.45) is 34.5 Å². The summed E-state index contributed by atoms with van der Waals surface area (Å²) in [5, 5.41) is 10.9. The third-order valence-electron chi connectivity index (χ3n) is 8.56. The van der Waals surface area contributed by atoms with Gasteiger partial charge in [-0.25, -0.2) is 0 Å². The number of ketones is 2. The van der Waals surface area contributed by atoms with Crippen LogP contribution in [0.4, 0.5) is 0 Å². The van der Waals surface area contributed by atoms with Crippen LogP contribution in [0.15, 0.2) is 11.6 Å². The number of Topliss-reactive ketones (excluding diaryl/α,β-unsaturated/α-hetero) is 1. The minimum Gasteiger partial charge on any atom is -0.392 e. The third-order valence-corrected chi connectivity index (χ3v) is 8.56. The summed E-state index contributed by atoms with van der Waals surface area (Å²) < 4.78 is 0. The third kappa shape index (κ3) is 1.55. The lowest BCUT2D eigenvalue weighted by Crippen LogP contribution is -2.53. The first kappa shape index (κ1) is 14.4. The maximum absolute atomic E-state index is 12.4. The molecule has 0 radical (unpaired) electrons. The van der Waals surface area contributed by atoms with Gasteiger partial charge in [0.1, 0.15) is 5.78 Å². The van der Waals surface area contributed by atoms with Crippen LogP contribution in [0.3, 0.4) is 0 Å². The quantitative estimate of drug-likeness (QED) is 0.747. The number of carbonyl (C=O) groups is 2. The van der Waals surface area contributed by atoms with Gasteiger partial charge in [0.25, 0.3) is 0 Å². The number of aliphatic hydroxyl groups is 1. The summed E-state index contributed by atoms with van der Waals surface area (Å²) in [6.07, 6.45) is 8.98. The molecule has 3 heteroatoms. The Labute approximate surface area is 137 Å². The van der Waals surface area contributed by atoms with E-state index in [9.17, 15) is 14.7 Å². The van der Waals surface area contributed by atoms with E-state index in [0.717, 1.165) is 44.9 Å². The Bertz CT molecular complexity index is 635. The zero-order valence-electron chi connectivity index (χ0n) is 13.9. The second-order valence-corrected chi connectivity index (χ2v) is 9.10. The zero-order valence-corrected chi connectivity index (χ0v) is 13.9. The van der Waals surface area contributed by atoms with Crippen molar-refractivity contribution in [2.45, 2.75) is 64.4 Å². The average molecular weight is 314 g/mol. The van der Waals surface area contributed by atoms with E-state index in [1.807, 2.05) is 6.08 Å². The molecule has 1 N–H and O–H groups in total. The van der Waals surface area contributed by atoms with Gasteiger partial charge in [-0.05, 0) is 68.8 Å². The molecule has 5 aliphatic carbocycles. The van der Waals surface area contributed by atoms with Crippen LogP contribution in [0.1, 0.15) is 58.3 Å². The van der Waals surface area contributed by atoms with E-state index in [4.69, 9.17) is 0 Å². The number of hydrogen-bond donors (Lipinski definition) is 1. The van der Waals surface area contributed by atoms with Crippen molar-refractivity contribution in [3.05, 3.63) is 11.6 Å². The van der Waals surface area contributed by atoms with Crippen molar-refractivity contribution < 1.29 is 14.7 Å². The summed E-state index contributed by atoms with van der Waals surface area (Å²) >= 11 is 0. The van der Waals surface area contributed by atoms with E-state index in [0.29, 0.717) is 30.0 Å². The zero-order chi connectivity index (χ0) is 16.0. The standard InChI is InChI=1S/C20H26O3/c1-19-7-6-15-13(14(19)4-5-17(19)22)3-2-12-9-16(21)11-8-18(23)20(12,15)10-11/h9,11,13-15,18,23H,2-8,10H2,1H3/t11?,13-,14-,15-,18+,19-,20+/m0/s1. The van der Waals surface area contributed by atoms with Gasteiger partial charge >= 0.3 is 0 Å². The minimum absolute atomic E-state index is 0.0472. The molecule has 4 fully saturated rings. The molecule has 0 heterocycles. The molecule has 0 aromatic carbocycles. The summed E-state index contributed by atoms with van der Waals surface area (Å²) in [7, 11) is 0. The molecule has 124 valence electrons. The van der Waals surface area contributed by atoms with E-state index >= 15 is 0 Å². The summed E-state index contributed by atoms with van der Waals surface area (Å²) in [6.45, 7) is 2.20. The Morgan fingerprint density at radius 1 is 1.13 bits per heavy atom. The van der Waals surface area contributed by atoms with Crippen LogP contribution in [0.2, 0.25) is 0 Å². The van der Waals surface area contributed by atoms with E-state index in [1.165, 1.54) is 5.57 Å². The van der Waals surface area contributed by atoms with Crippen LogP contribution < -0.4 is 0 Å². The highest BCUT2D eigenvalue weighted by molar-refractivity contribution is 5.94. The first-order valence-corrected chi connectivity index (χ1v) is 9.43. The predicted octanol–water partition coefficient (Wildman–Crippen LogP) is 3.06. The van der Waals surface area contributed by atoms with Crippen LogP contribution in [0, 0.1) is 34.5 Å². The van der Waals surface area contributed by atoms with Gasteiger partial charge in [0.05, 0.1) is 6.10 Å². The molecule has 7 atom stereocenters. The van der Waals surface area contributed by atoms with Crippen LogP contribution >= 0.6 is 0 Å². The lowest BCUT2D eigenvalue weighted by atomic mass is 9.47. The highest BCUT2D eigenvalue weighted by Crippen LogP contribution is 2.68. The van der Waals surface area contributed by atoms with Gasteiger partial charge in [-0.15, -0.1) is 0 Å². The second-order valence-electron chi connectivity index (χ2n) is 9.10. The molecular formula is C20H26O3. The Hall–Kier alpha value is -0.960. The fourth-order valence-corrected chi connectivity index (χ4v) is 7.46. The molecule has 5 rings (SSSR count). The Balaban J connectivity index is 1.59. The number of hydrogen-bond acceptors (Lipinski definition) is 3. The molecule has 0 aromatic rings. The summed E-state index contributed by atoms with van der Waals surface area (Å²) in [4.78, 5) is 24.7. The van der Waals surface area contributed by atoms with E-state index in [1.54, 1.807) is 0 Å². The molecule has 1 spiro atoms. The summed E-state index contributed by atoms with van der Waals surface area (Å²) in [6, 6.07) is 0. The van der Waals surface area contributed by atoms with Gasteiger partial charge in [-0.2, -0.15) is 0 Å². The average Bonchev–Trinajstić information content (AvgIpc) is 2.99. The van der Waals surface area contributed by atoms with Gasteiger partial charge < -0.3 is 5.11 Å². The van der Waals surface area contributed by atoms with Crippen molar-refractivity contribution in [3.8, 4) is 0 Å². The Morgan fingerprint density at radius 3 is 2.78 bits per heavy atom. The van der Waals surface area contributed by atoms with Gasteiger partial charge in [0.2, 0.25) is 0 Å². The smallest absolute Gasteiger partial charge is 0.158 e. The normalized spacial score (nSPS) is 54.3. The van der Waals surface area contributed by atoms with Crippen molar-refractivity contribution in [1.29, 1.82) is 0 Å². The van der Waals surface area contributed by atoms with E-state index in [2.05, 4.69) is 6.92 Å². The lowest BCUT2D eigenvalue weighted by molar-refractivity contribution is -0.134. The lowest BCUT2D eigenvalue weighted by Gasteiger charge is -2.57. The first-order chi connectivity index (χ1) is 11.0. The topological polar surface area (TPSA) is 54.4 Å². The fourth-order valence-electron chi connectivity index (χ4n) is 7.46. The molecule has 0 aromatic heterocycles. The highest BCUT2D eigenvalue weighted by Gasteiger charge is 2.65. The predicted molar refractivity (Wildman–Crippen MR) is 85.5 cm³/mol. The minimum atomic E-state index is -0.348. The monoisotopic (exact) mass is 314 g/mol. The molecule has 0 aliphatic heterocycles. The van der Waals surface area contributed by atoms with Crippen molar-refractivity contribution >= 4 is 11.6 Å². The highest BCUT2D eigenvalue weighted by atomic mass is 16.3. The van der Waals surface area contributed by atoms with Crippen molar-refractivity contribution in [3.63, 3.8) is 0 Å². The van der Waals surface area contributed by atoms with E-state index < -0.39 is 0 Å². The molecule has 23 heavy (non-hydrogen) atoms. The van der Waals surface area contributed by atoms with Gasteiger partial charge in [-0.3, -0.25) is 9.59 Å². The Kier molecular flexibility index (Phi) is 2.73. The molecule has 5 aliphatic rings. The number of carbonyl (C=O) groups excluding carboxylic acids is 2. The number of aliphatic hydroxyl groups excluding tert-OH is 1. The summed E-state index contributed by atoms with van der Waals surface area (Å²) in [5.74, 6) is 2.34. The summed E-state index contributed by atoms with van der Waals surface area (Å²) in [5.41, 5.74) is 1.01. The van der Waals surface area contributed by atoms with Crippen LogP contribution in [-0.2, 0) is 9.59 Å². The second kappa shape index (κ2) is 4.36. The molecule has 0 saturated heterocycles. The number of fused-ring (bicyclic) bond motifs is 4. The Morgan fingerprint density at radius 2 is 1.96 bits per heavy atom. The van der Waals surface area contributed by atoms with Gasteiger partial charge in [0.15, 0.2) is 5.78 Å². The largest absolute Gasteiger partial charge is 0.392 e. The van der Waals surface area contributed by atoms with Crippen molar-refractivity contribution in [2.75, 3.05) is 0 Å². The molecule has 4 saturated carbocycles. The van der Waals surface area contributed by atoms with Crippen LogP contribution in [0.25, 0.3) is 0 Å². The molecular weight excluding hydrogens is 288 g/mol. The first-order valence-electron chi connectivity index (χ1n) is 9.43. The fraction of sp³-hybridized carbons (Fsp3) is 0.800. The molecule has 0 amide bonds. The van der Waals surface area contributed by atoms with Gasteiger partial charge in [0, 0.05) is 23.2 Å². The van der Waals surface area contributed by atoms with Crippen LogP contribution in [-0.4, -0.2) is 22.8 Å². The molecule has 2 bridgehead atoms. The molecule has 1 unspecified atom stereocenters. The van der Waals surface area contributed by atoms with Crippen molar-refractivity contribution in [1.82, 2.24) is 0 Å². The number of rotatable bonds is 0. The van der Waals surface area contributed by atoms with Gasteiger partial charge in [-0.1, -0.05) is 12.5 Å². The maximum atomic E-state index is 12.4. The maximum Gasteiger partial charge on any atom is 0.158 e. The van der Waals surface area contributed by atoms with E-state index in [-0.39, 0.29) is 28.6 Å².